The highest BCUT2D eigenvalue weighted by Gasteiger charge is 2.55. The summed E-state index contributed by atoms with van der Waals surface area (Å²) in [4.78, 5) is 12.9. The second-order valence-electron chi connectivity index (χ2n) is 7.77. The standard InChI is InChI=1S/C16H28N2O/c1-3-15(2,10-17)18-14(19)16-7-11-4-12(8-16)6-13(5-11)9-16/h11-13H,3-10,17H2,1-2H3,(H,18,19). The molecule has 19 heavy (non-hydrogen) atoms. The molecule has 0 aromatic carbocycles. The van der Waals surface area contributed by atoms with E-state index in [9.17, 15) is 4.79 Å². The van der Waals surface area contributed by atoms with E-state index in [1.807, 2.05) is 0 Å². The Labute approximate surface area is 116 Å². The first-order valence-electron chi connectivity index (χ1n) is 8.01. The summed E-state index contributed by atoms with van der Waals surface area (Å²) >= 11 is 0. The molecule has 4 aliphatic rings. The van der Waals surface area contributed by atoms with E-state index in [1.54, 1.807) is 0 Å². The largest absolute Gasteiger partial charge is 0.349 e. The van der Waals surface area contributed by atoms with Crippen LogP contribution >= 0.6 is 0 Å². The van der Waals surface area contributed by atoms with Crippen LogP contribution < -0.4 is 11.1 Å². The first-order valence-corrected chi connectivity index (χ1v) is 8.01. The maximum atomic E-state index is 12.9. The maximum absolute atomic E-state index is 12.9. The Kier molecular flexibility index (Phi) is 3.16. The summed E-state index contributed by atoms with van der Waals surface area (Å²) in [5.41, 5.74) is 5.58. The molecule has 0 heterocycles. The van der Waals surface area contributed by atoms with Gasteiger partial charge in [0.1, 0.15) is 0 Å². The number of carbonyl (C=O) groups excluding carboxylic acids is 1. The number of rotatable bonds is 4. The topological polar surface area (TPSA) is 55.1 Å². The van der Waals surface area contributed by atoms with Crippen LogP contribution in [-0.4, -0.2) is 18.0 Å². The molecule has 4 saturated carbocycles. The van der Waals surface area contributed by atoms with Gasteiger partial charge in [0.25, 0.3) is 0 Å². The van der Waals surface area contributed by atoms with Gasteiger partial charge in [-0.25, -0.2) is 0 Å². The molecule has 0 aliphatic heterocycles. The van der Waals surface area contributed by atoms with Gasteiger partial charge in [0, 0.05) is 17.5 Å². The van der Waals surface area contributed by atoms with Crippen LogP contribution in [-0.2, 0) is 4.79 Å². The van der Waals surface area contributed by atoms with Crippen LogP contribution in [0.25, 0.3) is 0 Å². The average Bonchev–Trinajstić information content (AvgIpc) is 2.37. The Balaban J connectivity index is 1.76. The minimum Gasteiger partial charge on any atom is -0.349 e. The van der Waals surface area contributed by atoms with Gasteiger partial charge in [0.2, 0.25) is 5.91 Å². The Morgan fingerprint density at radius 1 is 1.21 bits per heavy atom. The van der Waals surface area contributed by atoms with Crippen molar-refractivity contribution in [1.82, 2.24) is 5.32 Å². The third kappa shape index (κ3) is 2.20. The van der Waals surface area contributed by atoms with Crippen molar-refractivity contribution >= 4 is 5.91 Å². The minimum atomic E-state index is -0.222. The van der Waals surface area contributed by atoms with Gasteiger partial charge >= 0.3 is 0 Å². The van der Waals surface area contributed by atoms with Gasteiger partial charge in [0.05, 0.1) is 0 Å². The Bertz CT molecular complexity index is 338. The molecular weight excluding hydrogens is 236 g/mol. The summed E-state index contributed by atoms with van der Waals surface area (Å²) in [6, 6.07) is 0. The van der Waals surface area contributed by atoms with Gasteiger partial charge in [0.15, 0.2) is 0 Å². The lowest BCUT2D eigenvalue weighted by Crippen LogP contribution is -2.59. The molecule has 3 nitrogen and oxygen atoms in total. The van der Waals surface area contributed by atoms with Crippen molar-refractivity contribution in [3.63, 3.8) is 0 Å². The highest BCUT2D eigenvalue weighted by atomic mass is 16.2. The molecule has 0 saturated heterocycles. The molecular formula is C16H28N2O. The van der Waals surface area contributed by atoms with E-state index in [2.05, 4.69) is 19.2 Å². The summed E-state index contributed by atoms with van der Waals surface area (Å²) in [7, 11) is 0. The Hall–Kier alpha value is -0.570. The molecule has 3 N–H and O–H groups in total. The molecule has 0 aromatic rings. The fraction of sp³-hybridized carbons (Fsp3) is 0.938. The molecule has 1 atom stereocenters. The quantitative estimate of drug-likeness (QED) is 0.819. The second kappa shape index (κ2) is 4.47. The van der Waals surface area contributed by atoms with Crippen molar-refractivity contribution in [3.05, 3.63) is 0 Å². The predicted molar refractivity (Wildman–Crippen MR) is 76.5 cm³/mol. The van der Waals surface area contributed by atoms with E-state index < -0.39 is 0 Å². The Morgan fingerprint density at radius 3 is 2.05 bits per heavy atom. The fourth-order valence-electron chi connectivity index (χ4n) is 5.08. The van der Waals surface area contributed by atoms with E-state index in [1.165, 1.54) is 19.3 Å². The van der Waals surface area contributed by atoms with Gasteiger partial charge in [-0.1, -0.05) is 6.92 Å². The summed E-state index contributed by atoms with van der Waals surface area (Å²) in [5, 5.41) is 3.29. The van der Waals surface area contributed by atoms with Crippen LogP contribution in [0, 0.1) is 23.2 Å². The smallest absolute Gasteiger partial charge is 0.226 e. The van der Waals surface area contributed by atoms with Crippen molar-refractivity contribution in [2.24, 2.45) is 28.9 Å². The van der Waals surface area contributed by atoms with E-state index in [4.69, 9.17) is 5.73 Å². The molecule has 108 valence electrons. The summed E-state index contributed by atoms with van der Waals surface area (Å²) < 4.78 is 0. The third-order valence-corrected chi connectivity index (χ3v) is 6.17. The number of nitrogens with one attached hydrogen (secondary N) is 1. The molecule has 1 amide bonds. The van der Waals surface area contributed by atoms with Crippen LogP contribution in [0.15, 0.2) is 0 Å². The Morgan fingerprint density at radius 2 is 1.68 bits per heavy atom. The molecule has 0 aromatic heterocycles. The van der Waals surface area contributed by atoms with Crippen molar-refractivity contribution in [2.45, 2.75) is 64.3 Å². The zero-order valence-corrected chi connectivity index (χ0v) is 12.4. The van der Waals surface area contributed by atoms with Gasteiger partial charge in [-0.05, 0) is 69.6 Å². The van der Waals surface area contributed by atoms with Crippen molar-refractivity contribution in [2.75, 3.05) is 6.54 Å². The van der Waals surface area contributed by atoms with Crippen LogP contribution in [0.1, 0.15) is 58.8 Å². The second-order valence-corrected chi connectivity index (χ2v) is 7.77. The number of amides is 1. The van der Waals surface area contributed by atoms with E-state index in [0.29, 0.717) is 12.5 Å². The molecule has 1 unspecified atom stereocenters. The van der Waals surface area contributed by atoms with Crippen LogP contribution in [0.5, 0.6) is 0 Å². The number of hydrogen-bond donors (Lipinski definition) is 2. The molecule has 4 fully saturated rings. The lowest BCUT2D eigenvalue weighted by molar-refractivity contribution is -0.148. The van der Waals surface area contributed by atoms with E-state index in [0.717, 1.165) is 43.4 Å². The first-order chi connectivity index (χ1) is 8.98. The van der Waals surface area contributed by atoms with Crippen molar-refractivity contribution in [1.29, 1.82) is 0 Å². The predicted octanol–water partition coefficient (Wildman–Crippen LogP) is 2.45. The highest BCUT2D eigenvalue weighted by molar-refractivity contribution is 5.84. The van der Waals surface area contributed by atoms with E-state index in [-0.39, 0.29) is 11.0 Å². The monoisotopic (exact) mass is 264 g/mol. The summed E-state index contributed by atoms with van der Waals surface area (Å²) in [6.45, 7) is 4.71. The van der Waals surface area contributed by atoms with Gasteiger partial charge in [-0.3, -0.25) is 4.79 Å². The third-order valence-electron chi connectivity index (χ3n) is 6.17. The SMILES string of the molecule is CCC(C)(CN)NC(=O)C12CC3CC(CC(C3)C1)C2. The molecule has 4 aliphatic carbocycles. The zero-order valence-electron chi connectivity index (χ0n) is 12.4. The van der Waals surface area contributed by atoms with Crippen molar-refractivity contribution < 1.29 is 4.79 Å². The number of nitrogens with two attached hydrogens (primary N) is 1. The average molecular weight is 264 g/mol. The van der Waals surface area contributed by atoms with Gasteiger partial charge in [-0.2, -0.15) is 0 Å². The first kappa shape index (κ1) is 13.4. The molecule has 4 bridgehead atoms. The number of carbonyl (C=O) groups is 1. The number of hydrogen-bond acceptors (Lipinski definition) is 2. The lowest BCUT2D eigenvalue weighted by atomic mass is 9.49. The summed E-state index contributed by atoms with van der Waals surface area (Å²) in [6.07, 6.45) is 8.46. The van der Waals surface area contributed by atoms with Crippen LogP contribution in [0.3, 0.4) is 0 Å². The lowest BCUT2D eigenvalue weighted by Gasteiger charge is -2.56. The van der Waals surface area contributed by atoms with Gasteiger partial charge < -0.3 is 11.1 Å². The van der Waals surface area contributed by atoms with E-state index >= 15 is 0 Å². The van der Waals surface area contributed by atoms with Crippen LogP contribution in [0.4, 0.5) is 0 Å². The normalized spacial score (nSPS) is 43.0. The van der Waals surface area contributed by atoms with Crippen LogP contribution in [0.2, 0.25) is 0 Å². The minimum absolute atomic E-state index is 0.0413. The molecule has 0 radical (unpaired) electrons. The fourth-order valence-corrected chi connectivity index (χ4v) is 5.08. The zero-order chi connectivity index (χ0) is 13.7. The van der Waals surface area contributed by atoms with Crippen molar-refractivity contribution in [3.8, 4) is 0 Å². The summed E-state index contributed by atoms with van der Waals surface area (Å²) in [5.74, 6) is 2.77. The molecule has 0 spiro atoms. The maximum Gasteiger partial charge on any atom is 0.226 e. The highest BCUT2D eigenvalue weighted by Crippen LogP contribution is 2.60. The molecule has 3 heteroatoms. The van der Waals surface area contributed by atoms with Gasteiger partial charge in [-0.15, -0.1) is 0 Å². The molecule has 4 rings (SSSR count).